The van der Waals surface area contributed by atoms with Crippen molar-refractivity contribution in [2.45, 2.75) is 19.4 Å². The normalized spacial score (nSPS) is 17.0. The van der Waals surface area contributed by atoms with Crippen molar-refractivity contribution in [2.75, 3.05) is 0 Å². The van der Waals surface area contributed by atoms with Crippen molar-refractivity contribution in [3.05, 3.63) is 76.2 Å². The van der Waals surface area contributed by atoms with E-state index in [0.29, 0.717) is 4.91 Å². The maximum Gasteiger partial charge on any atom is 0.327 e. The van der Waals surface area contributed by atoms with Crippen molar-refractivity contribution in [1.82, 2.24) is 4.90 Å². The number of nitrogens with zero attached hydrogens (tertiary/aromatic N) is 1. The molecule has 1 saturated heterocycles. The number of thiocarbonyl (C=S) groups is 1. The molecule has 2 aromatic carbocycles. The van der Waals surface area contributed by atoms with Crippen molar-refractivity contribution in [2.24, 2.45) is 0 Å². The molecule has 0 radical (unpaired) electrons. The van der Waals surface area contributed by atoms with Gasteiger partial charge in [-0.25, -0.2) is 4.79 Å². The number of hydrogen-bond donors (Lipinski definition) is 1. The third kappa shape index (κ3) is 4.03. The van der Waals surface area contributed by atoms with Crippen LogP contribution in [0.5, 0.6) is 0 Å². The minimum Gasteiger partial charge on any atom is -0.480 e. The summed E-state index contributed by atoms with van der Waals surface area (Å²) >= 11 is 6.45. The van der Waals surface area contributed by atoms with Gasteiger partial charge in [-0.2, -0.15) is 0 Å². The lowest BCUT2D eigenvalue weighted by Crippen LogP contribution is -2.45. The minimum absolute atomic E-state index is 0.209. The molecule has 132 valence electrons. The molecule has 0 saturated carbocycles. The molecule has 1 aliphatic rings. The summed E-state index contributed by atoms with van der Waals surface area (Å²) in [4.78, 5) is 26.3. The molecule has 6 heteroatoms. The van der Waals surface area contributed by atoms with Crippen LogP contribution in [0.4, 0.5) is 0 Å². The second kappa shape index (κ2) is 7.85. The zero-order chi connectivity index (χ0) is 18.7. The Morgan fingerprint density at radius 1 is 1.19 bits per heavy atom. The lowest BCUT2D eigenvalue weighted by molar-refractivity contribution is -0.145. The Hall–Kier alpha value is -2.44. The fraction of sp³-hybridized carbons (Fsp3) is 0.150. The van der Waals surface area contributed by atoms with Gasteiger partial charge in [-0.15, -0.1) is 0 Å². The first kappa shape index (κ1) is 18.4. The summed E-state index contributed by atoms with van der Waals surface area (Å²) in [5, 5.41) is 9.65. The molecule has 0 bridgehead atoms. The van der Waals surface area contributed by atoms with Crippen molar-refractivity contribution in [1.29, 1.82) is 0 Å². The summed E-state index contributed by atoms with van der Waals surface area (Å²) in [6, 6.07) is 16.0. The first-order valence-corrected chi connectivity index (χ1v) is 9.28. The van der Waals surface area contributed by atoms with Gasteiger partial charge in [0.05, 0.1) is 4.91 Å². The van der Waals surface area contributed by atoms with Crippen molar-refractivity contribution < 1.29 is 14.7 Å². The molecule has 4 nitrogen and oxygen atoms in total. The van der Waals surface area contributed by atoms with Crippen LogP contribution >= 0.6 is 24.0 Å². The average Bonchev–Trinajstić information content (AvgIpc) is 2.89. The van der Waals surface area contributed by atoms with E-state index in [2.05, 4.69) is 0 Å². The van der Waals surface area contributed by atoms with Gasteiger partial charge in [0, 0.05) is 6.42 Å². The highest BCUT2D eigenvalue weighted by Crippen LogP contribution is 2.34. The molecule has 2 aromatic rings. The van der Waals surface area contributed by atoms with E-state index in [1.165, 1.54) is 4.90 Å². The Bertz CT molecular complexity index is 876. The molecular weight excluding hydrogens is 366 g/mol. The number of rotatable bonds is 5. The van der Waals surface area contributed by atoms with Crippen molar-refractivity contribution in [3.63, 3.8) is 0 Å². The first-order valence-electron chi connectivity index (χ1n) is 8.06. The molecule has 0 aliphatic carbocycles. The summed E-state index contributed by atoms with van der Waals surface area (Å²) in [7, 11) is 0. The predicted molar refractivity (Wildman–Crippen MR) is 108 cm³/mol. The topological polar surface area (TPSA) is 57.6 Å². The minimum atomic E-state index is -1.07. The second-order valence-electron chi connectivity index (χ2n) is 6.01. The monoisotopic (exact) mass is 383 g/mol. The molecule has 1 atom stereocenters. The van der Waals surface area contributed by atoms with E-state index in [4.69, 9.17) is 12.2 Å². The van der Waals surface area contributed by atoms with Gasteiger partial charge in [0.1, 0.15) is 10.4 Å². The summed E-state index contributed by atoms with van der Waals surface area (Å²) in [6.45, 7) is 1.99. The molecule has 1 N–H and O–H groups in total. The molecule has 0 unspecified atom stereocenters. The third-order valence-electron chi connectivity index (χ3n) is 4.07. The highest BCUT2D eigenvalue weighted by atomic mass is 32.2. The van der Waals surface area contributed by atoms with E-state index in [9.17, 15) is 14.7 Å². The van der Waals surface area contributed by atoms with E-state index in [1.54, 1.807) is 6.08 Å². The van der Waals surface area contributed by atoms with Crippen LogP contribution < -0.4 is 0 Å². The number of thioether (sulfide) groups is 1. The number of carbonyl (C=O) groups is 2. The zero-order valence-corrected chi connectivity index (χ0v) is 15.7. The fourth-order valence-electron chi connectivity index (χ4n) is 2.69. The molecular formula is C20H17NO3S2. The molecule has 0 aromatic heterocycles. The van der Waals surface area contributed by atoms with Crippen molar-refractivity contribution in [3.8, 4) is 0 Å². The molecule has 1 heterocycles. The number of benzene rings is 2. The lowest BCUT2D eigenvalue weighted by Gasteiger charge is -2.23. The highest BCUT2D eigenvalue weighted by Gasteiger charge is 2.40. The van der Waals surface area contributed by atoms with Crippen LogP contribution in [-0.4, -0.2) is 32.2 Å². The average molecular weight is 383 g/mol. The summed E-state index contributed by atoms with van der Waals surface area (Å²) in [6.07, 6.45) is 1.96. The molecule has 0 spiro atoms. The summed E-state index contributed by atoms with van der Waals surface area (Å²) < 4.78 is 0.275. The predicted octanol–water partition coefficient (Wildman–Crippen LogP) is 3.89. The number of amides is 1. The van der Waals surface area contributed by atoms with Crippen LogP contribution in [0.25, 0.3) is 6.08 Å². The van der Waals surface area contributed by atoms with Crippen LogP contribution in [0.15, 0.2) is 59.5 Å². The Kier molecular flexibility index (Phi) is 5.54. The van der Waals surface area contributed by atoms with Gasteiger partial charge >= 0.3 is 5.97 Å². The van der Waals surface area contributed by atoms with Gasteiger partial charge in [-0.3, -0.25) is 9.69 Å². The number of carboxylic acids is 1. The summed E-state index contributed by atoms with van der Waals surface area (Å²) in [5.74, 6) is -1.43. The van der Waals surface area contributed by atoms with Gasteiger partial charge in [0.2, 0.25) is 0 Å². The number of hydrogen-bond acceptors (Lipinski definition) is 4. The van der Waals surface area contributed by atoms with Crippen LogP contribution in [0.2, 0.25) is 0 Å². The van der Waals surface area contributed by atoms with E-state index in [0.717, 1.165) is 28.5 Å². The summed E-state index contributed by atoms with van der Waals surface area (Å²) in [5.41, 5.74) is 2.85. The number of aliphatic carboxylic acids is 1. The van der Waals surface area contributed by atoms with Gasteiger partial charge < -0.3 is 5.11 Å². The Morgan fingerprint density at radius 3 is 2.46 bits per heavy atom. The van der Waals surface area contributed by atoms with Gasteiger partial charge in [-0.05, 0) is 24.1 Å². The SMILES string of the molecule is Cc1ccc(/C=C2\SC(=S)N([C@H](Cc3ccccc3)C(=O)O)C2=O)cc1. The maximum atomic E-state index is 12.8. The Balaban J connectivity index is 1.86. The van der Waals surface area contributed by atoms with E-state index in [1.807, 2.05) is 61.5 Å². The van der Waals surface area contributed by atoms with E-state index in [-0.39, 0.29) is 16.6 Å². The quantitative estimate of drug-likeness (QED) is 0.627. The fourth-order valence-corrected chi connectivity index (χ4v) is 4.05. The van der Waals surface area contributed by atoms with Crippen LogP contribution in [-0.2, 0) is 16.0 Å². The van der Waals surface area contributed by atoms with Crippen LogP contribution in [0.1, 0.15) is 16.7 Å². The maximum absolute atomic E-state index is 12.8. The molecule has 1 fully saturated rings. The van der Waals surface area contributed by atoms with Crippen LogP contribution in [0, 0.1) is 6.92 Å². The van der Waals surface area contributed by atoms with Crippen molar-refractivity contribution >= 4 is 46.3 Å². The van der Waals surface area contributed by atoms with Crippen LogP contribution in [0.3, 0.4) is 0 Å². The Morgan fingerprint density at radius 2 is 1.85 bits per heavy atom. The number of carbonyl (C=O) groups excluding carboxylic acids is 1. The third-order valence-corrected chi connectivity index (χ3v) is 5.40. The largest absolute Gasteiger partial charge is 0.480 e. The van der Waals surface area contributed by atoms with Gasteiger partial charge in [0.15, 0.2) is 0 Å². The molecule has 1 amide bonds. The second-order valence-corrected chi connectivity index (χ2v) is 7.68. The number of aryl methyl sites for hydroxylation is 1. The molecule has 3 rings (SSSR count). The highest BCUT2D eigenvalue weighted by molar-refractivity contribution is 8.26. The molecule has 1 aliphatic heterocycles. The van der Waals surface area contributed by atoms with Gasteiger partial charge in [0.25, 0.3) is 5.91 Å². The molecule has 26 heavy (non-hydrogen) atoms. The first-order chi connectivity index (χ1) is 12.5. The zero-order valence-electron chi connectivity index (χ0n) is 14.1. The standard InChI is InChI=1S/C20H17NO3S2/c1-13-7-9-15(10-8-13)12-17-18(22)21(20(25)26-17)16(19(23)24)11-14-5-3-2-4-6-14/h2-10,12,16H,11H2,1H3,(H,23,24)/b17-12-/t16-/m1/s1. The van der Waals surface area contributed by atoms with Gasteiger partial charge in [-0.1, -0.05) is 84.1 Å². The smallest absolute Gasteiger partial charge is 0.327 e. The number of carboxylic acid groups (broad SMARTS) is 1. The lowest BCUT2D eigenvalue weighted by atomic mass is 10.0. The van der Waals surface area contributed by atoms with E-state index >= 15 is 0 Å². The van der Waals surface area contributed by atoms with E-state index < -0.39 is 12.0 Å². The Labute approximate surface area is 161 Å².